The van der Waals surface area contributed by atoms with E-state index in [0.29, 0.717) is 19.1 Å². The van der Waals surface area contributed by atoms with Crippen LogP contribution in [0.15, 0.2) is 23.1 Å². The van der Waals surface area contributed by atoms with Crippen molar-refractivity contribution in [2.75, 3.05) is 26.2 Å². The Morgan fingerprint density at radius 2 is 1.61 bits per heavy atom. The molecule has 8 heteroatoms. The molecule has 2 aliphatic heterocycles. The van der Waals surface area contributed by atoms with Crippen LogP contribution >= 0.6 is 0 Å². The molecular formula is C23H33N3O4S. The Morgan fingerprint density at radius 1 is 0.935 bits per heavy atom. The summed E-state index contributed by atoms with van der Waals surface area (Å²) >= 11 is 0. The highest BCUT2D eigenvalue weighted by Gasteiger charge is 2.46. The monoisotopic (exact) mass is 447 g/mol. The molecule has 1 saturated carbocycles. The lowest BCUT2D eigenvalue weighted by molar-refractivity contribution is -0.139. The molecule has 1 aliphatic carbocycles. The third kappa shape index (κ3) is 4.37. The van der Waals surface area contributed by atoms with Crippen molar-refractivity contribution >= 4 is 21.8 Å². The molecule has 0 unspecified atom stereocenters. The van der Waals surface area contributed by atoms with Crippen molar-refractivity contribution in [3.8, 4) is 0 Å². The lowest BCUT2D eigenvalue weighted by Crippen LogP contribution is -2.56. The van der Waals surface area contributed by atoms with Crippen LogP contribution in [0.2, 0.25) is 0 Å². The number of hydrogen-bond donors (Lipinski definition) is 0. The topological polar surface area (TPSA) is 78.0 Å². The first kappa shape index (κ1) is 22.3. The van der Waals surface area contributed by atoms with Crippen LogP contribution in [-0.2, 0) is 19.6 Å². The average Bonchev–Trinajstić information content (AvgIpc) is 3.18. The number of nitrogens with zero attached hydrogens (tertiary/aromatic N) is 3. The van der Waals surface area contributed by atoms with Crippen LogP contribution in [-0.4, -0.2) is 72.6 Å². The number of aryl methyl sites for hydroxylation is 2. The van der Waals surface area contributed by atoms with Gasteiger partial charge in [0, 0.05) is 38.6 Å². The largest absolute Gasteiger partial charge is 0.338 e. The minimum absolute atomic E-state index is 0.0748. The second-order valence-electron chi connectivity index (χ2n) is 9.15. The molecule has 3 aliphatic rings. The number of carbonyl (C=O) groups excluding carboxylic acids is 2. The highest BCUT2D eigenvalue weighted by molar-refractivity contribution is 7.89. The van der Waals surface area contributed by atoms with Gasteiger partial charge < -0.3 is 4.90 Å². The van der Waals surface area contributed by atoms with E-state index >= 15 is 0 Å². The van der Waals surface area contributed by atoms with Gasteiger partial charge in [0.25, 0.3) is 10.0 Å². The summed E-state index contributed by atoms with van der Waals surface area (Å²) in [5.41, 5.74) is 1.82. The Hall–Kier alpha value is -1.93. The molecule has 0 radical (unpaired) electrons. The average molecular weight is 448 g/mol. The Kier molecular flexibility index (Phi) is 6.40. The molecule has 170 valence electrons. The van der Waals surface area contributed by atoms with Gasteiger partial charge in [-0.3, -0.25) is 14.5 Å². The zero-order valence-electron chi connectivity index (χ0n) is 18.5. The SMILES string of the molecule is Cc1ccc(S(=O)(=O)N2C(=O)CC[C@H]2C(=O)N2CCN(C3CCCCC3)CC2)cc1C. The van der Waals surface area contributed by atoms with Crippen molar-refractivity contribution in [1.82, 2.24) is 14.1 Å². The maximum atomic E-state index is 13.3. The van der Waals surface area contributed by atoms with Crippen molar-refractivity contribution in [3.05, 3.63) is 29.3 Å². The van der Waals surface area contributed by atoms with Gasteiger partial charge >= 0.3 is 0 Å². The van der Waals surface area contributed by atoms with E-state index in [1.165, 1.54) is 38.2 Å². The fourth-order valence-electron chi connectivity index (χ4n) is 5.14. The summed E-state index contributed by atoms with van der Waals surface area (Å²) in [5, 5.41) is 0. The van der Waals surface area contributed by atoms with Crippen molar-refractivity contribution in [2.24, 2.45) is 0 Å². The van der Waals surface area contributed by atoms with E-state index in [2.05, 4.69) is 4.90 Å². The molecule has 0 aromatic heterocycles. The van der Waals surface area contributed by atoms with Crippen molar-refractivity contribution in [3.63, 3.8) is 0 Å². The summed E-state index contributed by atoms with van der Waals surface area (Å²) in [6.07, 6.45) is 6.67. The Morgan fingerprint density at radius 3 is 2.26 bits per heavy atom. The Bertz CT molecular complexity index is 948. The fourth-order valence-corrected chi connectivity index (χ4v) is 6.82. The summed E-state index contributed by atoms with van der Waals surface area (Å²) < 4.78 is 27.4. The third-order valence-corrected chi connectivity index (χ3v) is 9.02. The molecule has 1 aromatic carbocycles. The minimum Gasteiger partial charge on any atom is -0.338 e. The van der Waals surface area contributed by atoms with Gasteiger partial charge in [-0.05, 0) is 56.4 Å². The Labute approximate surface area is 185 Å². The first-order chi connectivity index (χ1) is 14.8. The van der Waals surface area contributed by atoms with Crippen LogP contribution in [0.4, 0.5) is 0 Å². The van der Waals surface area contributed by atoms with Crippen LogP contribution in [0.3, 0.4) is 0 Å². The normalized spacial score (nSPS) is 24.1. The lowest BCUT2D eigenvalue weighted by atomic mass is 9.94. The first-order valence-corrected chi connectivity index (χ1v) is 12.9. The van der Waals surface area contributed by atoms with E-state index in [1.54, 1.807) is 17.0 Å². The second kappa shape index (κ2) is 8.90. The molecule has 3 fully saturated rings. The lowest BCUT2D eigenvalue weighted by Gasteiger charge is -2.41. The number of rotatable bonds is 4. The zero-order valence-corrected chi connectivity index (χ0v) is 19.4. The highest BCUT2D eigenvalue weighted by atomic mass is 32.2. The molecule has 0 bridgehead atoms. The van der Waals surface area contributed by atoms with Gasteiger partial charge in [0.05, 0.1) is 4.90 Å². The second-order valence-corrected chi connectivity index (χ2v) is 11.0. The number of piperazine rings is 1. The van der Waals surface area contributed by atoms with Crippen LogP contribution in [0.1, 0.15) is 56.1 Å². The number of benzene rings is 1. The van der Waals surface area contributed by atoms with E-state index in [1.807, 2.05) is 13.8 Å². The third-order valence-electron chi connectivity index (χ3n) is 7.20. The van der Waals surface area contributed by atoms with E-state index in [-0.39, 0.29) is 23.6 Å². The maximum absolute atomic E-state index is 13.3. The molecular weight excluding hydrogens is 414 g/mol. The molecule has 2 heterocycles. The summed E-state index contributed by atoms with van der Waals surface area (Å²) in [4.78, 5) is 30.2. The predicted molar refractivity (Wildman–Crippen MR) is 118 cm³/mol. The number of sulfonamides is 1. The molecule has 4 rings (SSSR count). The van der Waals surface area contributed by atoms with Crippen molar-refractivity contribution in [2.45, 2.75) is 75.8 Å². The smallest absolute Gasteiger partial charge is 0.267 e. The molecule has 2 amide bonds. The molecule has 31 heavy (non-hydrogen) atoms. The molecule has 1 aromatic rings. The Balaban J connectivity index is 1.47. The van der Waals surface area contributed by atoms with Gasteiger partial charge in [0.1, 0.15) is 6.04 Å². The summed E-state index contributed by atoms with van der Waals surface area (Å²) in [5.74, 6) is -0.723. The van der Waals surface area contributed by atoms with Gasteiger partial charge in [-0.2, -0.15) is 0 Å². The predicted octanol–water partition coefficient (Wildman–Crippen LogP) is 2.46. The summed E-state index contributed by atoms with van der Waals surface area (Å²) in [7, 11) is -4.06. The van der Waals surface area contributed by atoms with Crippen LogP contribution in [0.25, 0.3) is 0 Å². The highest BCUT2D eigenvalue weighted by Crippen LogP contribution is 2.30. The van der Waals surface area contributed by atoms with E-state index in [4.69, 9.17) is 0 Å². The van der Waals surface area contributed by atoms with Gasteiger partial charge in [-0.1, -0.05) is 25.3 Å². The van der Waals surface area contributed by atoms with Crippen molar-refractivity contribution < 1.29 is 18.0 Å². The summed E-state index contributed by atoms with van der Waals surface area (Å²) in [6, 6.07) is 4.53. The van der Waals surface area contributed by atoms with Crippen LogP contribution in [0, 0.1) is 13.8 Å². The van der Waals surface area contributed by atoms with Gasteiger partial charge in [0.15, 0.2) is 0 Å². The quantitative estimate of drug-likeness (QED) is 0.709. The number of hydrogen-bond acceptors (Lipinski definition) is 5. The molecule has 0 N–H and O–H groups in total. The van der Waals surface area contributed by atoms with Gasteiger partial charge in [0.2, 0.25) is 11.8 Å². The molecule has 7 nitrogen and oxygen atoms in total. The van der Waals surface area contributed by atoms with E-state index in [9.17, 15) is 18.0 Å². The fraction of sp³-hybridized carbons (Fsp3) is 0.652. The van der Waals surface area contributed by atoms with Gasteiger partial charge in [-0.15, -0.1) is 0 Å². The minimum atomic E-state index is -4.06. The van der Waals surface area contributed by atoms with E-state index < -0.39 is 22.0 Å². The van der Waals surface area contributed by atoms with E-state index in [0.717, 1.165) is 28.5 Å². The van der Waals surface area contributed by atoms with Crippen molar-refractivity contribution in [1.29, 1.82) is 0 Å². The summed E-state index contributed by atoms with van der Waals surface area (Å²) in [6.45, 7) is 6.58. The molecule has 2 saturated heterocycles. The van der Waals surface area contributed by atoms with Crippen LogP contribution in [0.5, 0.6) is 0 Å². The van der Waals surface area contributed by atoms with Gasteiger partial charge in [-0.25, -0.2) is 12.7 Å². The number of carbonyl (C=O) groups is 2. The zero-order chi connectivity index (χ0) is 22.2. The molecule has 0 spiro atoms. The first-order valence-electron chi connectivity index (χ1n) is 11.5. The number of amides is 2. The van der Waals surface area contributed by atoms with Crippen LogP contribution < -0.4 is 0 Å². The molecule has 1 atom stereocenters. The maximum Gasteiger partial charge on any atom is 0.267 e. The standard InChI is InChI=1S/C23H33N3O4S/c1-17-8-9-20(16-18(17)2)31(29,30)26-21(10-11-22(26)27)23(28)25-14-12-24(13-15-25)19-6-4-3-5-7-19/h8-9,16,19,21H,3-7,10-15H2,1-2H3/t21-/m0/s1.